The standard InChI is InChI=1S/C14H23N3O/c1-11(2)5-6-12(3)16-14(18)8-7-13-9-15-17(4)10-13/h7-12H,5-6H2,1-4H3,(H,16,18)/b8-7+/t12-/m0/s1. The van der Waals surface area contributed by atoms with E-state index in [0.717, 1.165) is 18.4 Å². The number of aromatic nitrogens is 2. The van der Waals surface area contributed by atoms with Crippen LogP contribution in [0.15, 0.2) is 18.5 Å². The summed E-state index contributed by atoms with van der Waals surface area (Å²) in [6.45, 7) is 6.42. The number of carbonyl (C=O) groups excluding carboxylic acids is 1. The summed E-state index contributed by atoms with van der Waals surface area (Å²) >= 11 is 0. The Balaban J connectivity index is 2.34. The van der Waals surface area contributed by atoms with E-state index >= 15 is 0 Å². The van der Waals surface area contributed by atoms with Gasteiger partial charge in [-0.05, 0) is 31.8 Å². The van der Waals surface area contributed by atoms with Crippen LogP contribution in [0.1, 0.15) is 39.2 Å². The van der Waals surface area contributed by atoms with Crippen molar-refractivity contribution in [3.8, 4) is 0 Å². The lowest BCUT2D eigenvalue weighted by Gasteiger charge is -2.13. The van der Waals surface area contributed by atoms with Crippen molar-refractivity contribution in [2.24, 2.45) is 13.0 Å². The fraction of sp³-hybridized carbons (Fsp3) is 0.571. The van der Waals surface area contributed by atoms with Gasteiger partial charge in [-0.2, -0.15) is 5.10 Å². The molecule has 1 atom stereocenters. The molecule has 0 aromatic carbocycles. The molecule has 0 spiro atoms. The van der Waals surface area contributed by atoms with Crippen LogP contribution in [0.3, 0.4) is 0 Å². The molecular formula is C14H23N3O. The third kappa shape index (κ3) is 5.66. The maximum Gasteiger partial charge on any atom is 0.244 e. The zero-order valence-corrected chi connectivity index (χ0v) is 11.7. The molecule has 0 aliphatic heterocycles. The molecule has 18 heavy (non-hydrogen) atoms. The van der Waals surface area contributed by atoms with Crippen molar-refractivity contribution in [1.29, 1.82) is 0 Å². The molecule has 0 radical (unpaired) electrons. The van der Waals surface area contributed by atoms with Crippen LogP contribution in [0.4, 0.5) is 0 Å². The fourth-order valence-corrected chi connectivity index (χ4v) is 1.64. The Morgan fingerprint density at radius 3 is 2.72 bits per heavy atom. The summed E-state index contributed by atoms with van der Waals surface area (Å²) in [6, 6.07) is 0.221. The Bertz CT molecular complexity index is 407. The molecule has 0 saturated heterocycles. The summed E-state index contributed by atoms with van der Waals surface area (Å²) in [4.78, 5) is 11.7. The Morgan fingerprint density at radius 1 is 1.44 bits per heavy atom. The van der Waals surface area contributed by atoms with E-state index in [2.05, 4.69) is 24.3 Å². The van der Waals surface area contributed by atoms with Crippen molar-refractivity contribution in [1.82, 2.24) is 15.1 Å². The summed E-state index contributed by atoms with van der Waals surface area (Å²) in [6.07, 6.45) is 9.08. The highest BCUT2D eigenvalue weighted by molar-refractivity contribution is 5.91. The van der Waals surface area contributed by atoms with Gasteiger partial charge in [-0.25, -0.2) is 0 Å². The largest absolute Gasteiger partial charge is 0.350 e. The highest BCUT2D eigenvalue weighted by Crippen LogP contribution is 2.06. The van der Waals surface area contributed by atoms with Gasteiger partial charge in [0, 0.05) is 30.9 Å². The maximum atomic E-state index is 11.7. The second kappa shape index (κ2) is 6.99. The summed E-state index contributed by atoms with van der Waals surface area (Å²) in [5.41, 5.74) is 0.933. The van der Waals surface area contributed by atoms with Crippen LogP contribution in [0.2, 0.25) is 0 Å². The van der Waals surface area contributed by atoms with Gasteiger partial charge in [-0.3, -0.25) is 9.48 Å². The van der Waals surface area contributed by atoms with Crippen molar-refractivity contribution in [3.63, 3.8) is 0 Å². The monoisotopic (exact) mass is 249 g/mol. The minimum absolute atomic E-state index is 0.0462. The van der Waals surface area contributed by atoms with Crippen LogP contribution in [-0.2, 0) is 11.8 Å². The first kappa shape index (κ1) is 14.5. The van der Waals surface area contributed by atoms with Crippen LogP contribution < -0.4 is 5.32 Å². The molecule has 0 unspecified atom stereocenters. The van der Waals surface area contributed by atoms with Crippen LogP contribution >= 0.6 is 0 Å². The Kier molecular flexibility index (Phi) is 5.62. The van der Waals surface area contributed by atoms with Crippen molar-refractivity contribution < 1.29 is 4.79 Å². The number of aryl methyl sites for hydroxylation is 1. The van der Waals surface area contributed by atoms with Gasteiger partial charge in [-0.1, -0.05) is 13.8 Å². The van der Waals surface area contributed by atoms with Crippen LogP contribution in [0, 0.1) is 5.92 Å². The van der Waals surface area contributed by atoms with Gasteiger partial charge in [0.05, 0.1) is 6.20 Å². The lowest BCUT2D eigenvalue weighted by molar-refractivity contribution is -0.117. The van der Waals surface area contributed by atoms with Crippen LogP contribution in [0.5, 0.6) is 0 Å². The first-order valence-corrected chi connectivity index (χ1v) is 6.44. The molecule has 100 valence electrons. The Morgan fingerprint density at radius 2 is 2.17 bits per heavy atom. The lowest BCUT2D eigenvalue weighted by Crippen LogP contribution is -2.31. The number of nitrogens with one attached hydrogen (secondary N) is 1. The average Bonchev–Trinajstić information content (AvgIpc) is 2.70. The van der Waals surface area contributed by atoms with Crippen LogP contribution in [0.25, 0.3) is 6.08 Å². The number of hydrogen-bond acceptors (Lipinski definition) is 2. The normalized spacial score (nSPS) is 13.2. The molecular weight excluding hydrogens is 226 g/mol. The van der Waals surface area contributed by atoms with E-state index in [4.69, 9.17) is 0 Å². The zero-order chi connectivity index (χ0) is 13.5. The fourth-order valence-electron chi connectivity index (χ4n) is 1.64. The highest BCUT2D eigenvalue weighted by Gasteiger charge is 2.05. The van der Waals surface area contributed by atoms with Gasteiger partial charge in [0.15, 0.2) is 0 Å². The smallest absolute Gasteiger partial charge is 0.244 e. The molecule has 1 aromatic heterocycles. The maximum absolute atomic E-state index is 11.7. The third-order valence-corrected chi connectivity index (χ3v) is 2.72. The molecule has 0 fully saturated rings. The van der Waals surface area contributed by atoms with Gasteiger partial charge in [0.2, 0.25) is 5.91 Å². The second-order valence-corrected chi connectivity index (χ2v) is 5.16. The van der Waals surface area contributed by atoms with E-state index in [0.29, 0.717) is 5.92 Å². The molecule has 1 aromatic rings. The Labute approximate surface area is 109 Å². The number of carbonyl (C=O) groups is 1. The first-order chi connectivity index (χ1) is 8.47. The van der Waals surface area contributed by atoms with Crippen molar-refractivity contribution in [3.05, 3.63) is 24.0 Å². The molecule has 0 aliphatic carbocycles. The lowest BCUT2D eigenvalue weighted by atomic mass is 10.0. The van der Waals surface area contributed by atoms with E-state index < -0.39 is 0 Å². The van der Waals surface area contributed by atoms with Gasteiger partial charge >= 0.3 is 0 Å². The SMILES string of the molecule is CC(C)CC[C@H](C)NC(=O)/C=C/c1cnn(C)c1. The van der Waals surface area contributed by atoms with E-state index in [1.54, 1.807) is 23.0 Å². The van der Waals surface area contributed by atoms with E-state index in [-0.39, 0.29) is 11.9 Å². The molecule has 4 nitrogen and oxygen atoms in total. The van der Waals surface area contributed by atoms with E-state index in [9.17, 15) is 4.79 Å². The minimum atomic E-state index is -0.0462. The molecule has 4 heteroatoms. The molecule has 1 amide bonds. The van der Waals surface area contributed by atoms with Crippen LogP contribution in [-0.4, -0.2) is 21.7 Å². The minimum Gasteiger partial charge on any atom is -0.350 e. The van der Waals surface area contributed by atoms with Gasteiger partial charge < -0.3 is 5.32 Å². The van der Waals surface area contributed by atoms with Gasteiger partial charge in [0.1, 0.15) is 0 Å². The van der Waals surface area contributed by atoms with Crippen molar-refractivity contribution in [2.45, 2.75) is 39.7 Å². The quantitative estimate of drug-likeness (QED) is 0.787. The van der Waals surface area contributed by atoms with Crippen molar-refractivity contribution in [2.75, 3.05) is 0 Å². The second-order valence-electron chi connectivity index (χ2n) is 5.16. The topological polar surface area (TPSA) is 46.9 Å². The number of hydrogen-bond donors (Lipinski definition) is 1. The molecule has 0 aliphatic rings. The summed E-state index contributed by atoms with van der Waals surface area (Å²) in [5, 5.41) is 7.00. The predicted molar refractivity (Wildman–Crippen MR) is 73.9 cm³/mol. The first-order valence-electron chi connectivity index (χ1n) is 6.44. The molecule has 1 N–H and O–H groups in total. The molecule has 1 rings (SSSR count). The summed E-state index contributed by atoms with van der Waals surface area (Å²) < 4.78 is 1.71. The third-order valence-electron chi connectivity index (χ3n) is 2.72. The number of rotatable bonds is 6. The number of amides is 1. The van der Waals surface area contributed by atoms with Crippen molar-refractivity contribution >= 4 is 12.0 Å². The molecule has 1 heterocycles. The van der Waals surface area contributed by atoms with E-state index in [1.807, 2.05) is 20.2 Å². The summed E-state index contributed by atoms with van der Waals surface area (Å²) in [5.74, 6) is 0.630. The predicted octanol–water partition coefficient (Wildman–Crippen LogP) is 2.37. The van der Waals surface area contributed by atoms with Gasteiger partial charge in [-0.15, -0.1) is 0 Å². The highest BCUT2D eigenvalue weighted by atomic mass is 16.1. The summed E-state index contributed by atoms with van der Waals surface area (Å²) in [7, 11) is 1.85. The molecule has 0 saturated carbocycles. The van der Waals surface area contributed by atoms with E-state index in [1.165, 1.54) is 0 Å². The zero-order valence-electron chi connectivity index (χ0n) is 11.7. The number of nitrogens with zero attached hydrogens (tertiary/aromatic N) is 2. The molecule has 0 bridgehead atoms. The Hall–Kier alpha value is -1.58. The van der Waals surface area contributed by atoms with Gasteiger partial charge in [0.25, 0.3) is 0 Å². The average molecular weight is 249 g/mol.